The predicted molar refractivity (Wildman–Crippen MR) is 68.0 cm³/mol. The number of hydrogen-bond donors (Lipinski definition) is 1. The zero-order chi connectivity index (χ0) is 12.3. The van der Waals surface area contributed by atoms with E-state index in [0.29, 0.717) is 11.7 Å². The highest BCUT2D eigenvalue weighted by Crippen LogP contribution is 2.20. The Hall–Kier alpha value is -0.950. The van der Waals surface area contributed by atoms with Crippen LogP contribution < -0.4 is 5.32 Å². The Kier molecular flexibility index (Phi) is 4.11. The van der Waals surface area contributed by atoms with Crippen molar-refractivity contribution in [2.75, 3.05) is 23.9 Å². The van der Waals surface area contributed by atoms with Crippen LogP contribution in [0.4, 0.5) is 5.13 Å². The molecule has 1 fully saturated rings. The van der Waals surface area contributed by atoms with Gasteiger partial charge in [-0.15, -0.1) is 11.3 Å². The van der Waals surface area contributed by atoms with E-state index in [9.17, 15) is 9.00 Å². The molecule has 1 saturated heterocycles. The maximum absolute atomic E-state index is 11.2. The molecule has 0 atom stereocenters. The Morgan fingerprint density at radius 3 is 2.94 bits per heavy atom. The van der Waals surface area contributed by atoms with Crippen LogP contribution in [-0.2, 0) is 15.5 Å². The van der Waals surface area contributed by atoms with Gasteiger partial charge in [0.2, 0.25) is 0 Å². The first-order chi connectivity index (χ1) is 8.19. The molecule has 2 heterocycles. The van der Waals surface area contributed by atoms with Crippen LogP contribution in [0.5, 0.6) is 0 Å². The van der Waals surface area contributed by atoms with E-state index < -0.39 is 16.8 Å². The standard InChI is InChI=1S/C10H14N2O3S2/c1-15-9(13)8-6-16-10(12-8)11-7-2-4-17(14)5-3-7/h6-7H,2-5H2,1H3,(H,11,12). The van der Waals surface area contributed by atoms with Gasteiger partial charge in [0.05, 0.1) is 7.11 Å². The van der Waals surface area contributed by atoms with E-state index in [1.165, 1.54) is 18.4 Å². The number of anilines is 1. The molecule has 0 bridgehead atoms. The molecule has 0 aromatic carbocycles. The molecule has 0 aliphatic carbocycles. The molecule has 7 heteroatoms. The third-order valence-corrected chi connectivity index (χ3v) is 4.77. The largest absolute Gasteiger partial charge is 0.464 e. The number of esters is 1. The Morgan fingerprint density at radius 1 is 1.59 bits per heavy atom. The molecule has 0 saturated carbocycles. The minimum absolute atomic E-state index is 0.310. The van der Waals surface area contributed by atoms with Crippen LogP contribution in [0.15, 0.2) is 5.38 Å². The van der Waals surface area contributed by atoms with Gasteiger partial charge in [0.15, 0.2) is 10.8 Å². The first-order valence-corrected chi connectivity index (χ1v) is 7.71. The molecule has 1 aromatic rings. The lowest BCUT2D eigenvalue weighted by Crippen LogP contribution is -2.29. The minimum Gasteiger partial charge on any atom is -0.464 e. The lowest BCUT2D eigenvalue weighted by atomic mass is 10.2. The fourth-order valence-electron chi connectivity index (χ4n) is 1.65. The molecular formula is C10H14N2O3S2. The number of carbonyl (C=O) groups is 1. The number of ether oxygens (including phenoxy) is 1. The van der Waals surface area contributed by atoms with Crippen LogP contribution in [0.3, 0.4) is 0 Å². The number of aromatic nitrogens is 1. The van der Waals surface area contributed by atoms with E-state index in [-0.39, 0.29) is 0 Å². The summed E-state index contributed by atoms with van der Waals surface area (Å²) in [6.07, 6.45) is 1.78. The van der Waals surface area contributed by atoms with Gasteiger partial charge in [0.25, 0.3) is 0 Å². The van der Waals surface area contributed by atoms with E-state index in [0.717, 1.165) is 29.5 Å². The average molecular weight is 274 g/mol. The van der Waals surface area contributed by atoms with Gasteiger partial charge in [-0.2, -0.15) is 0 Å². The van der Waals surface area contributed by atoms with Crippen molar-refractivity contribution in [3.05, 3.63) is 11.1 Å². The van der Waals surface area contributed by atoms with Crippen molar-refractivity contribution in [2.24, 2.45) is 0 Å². The lowest BCUT2D eigenvalue weighted by Gasteiger charge is -2.21. The third kappa shape index (κ3) is 3.26. The van der Waals surface area contributed by atoms with Crippen molar-refractivity contribution in [3.63, 3.8) is 0 Å². The molecule has 1 aromatic heterocycles. The summed E-state index contributed by atoms with van der Waals surface area (Å²) in [6.45, 7) is 0. The SMILES string of the molecule is COC(=O)c1csc(NC2CCS(=O)CC2)n1. The highest BCUT2D eigenvalue weighted by Gasteiger charge is 2.19. The van der Waals surface area contributed by atoms with Gasteiger partial charge in [0, 0.05) is 33.7 Å². The first-order valence-electron chi connectivity index (χ1n) is 5.34. The molecule has 0 amide bonds. The molecular weight excluding hydrogens is 260 g/mol. The van der Waals surface area contributed by atoms with Crippen molar-refractivity contribution in [2.45, 2.75) is 18.9 Å². The summed E-state index contributed by atoms with van der Waals surface area (Å²) in [5, 5.41) is 5.67. The van der Waals surface area contributed by atoms with E-state index in [4.69, 9.17) is 0 Å². The zero-order valence-corrected chi connectivity index (χ0v) is 11.1. The summed E-state index contributed by atoms with van der Waals surface area (Å²) in [5.74, 6) is 1.07. The van der Waals surface area contributed by atoms with E-state index in [2.05, 4.69) is 15.0 Å². The fraction of sp³-hybridized carbons (Fsp3) is 0.600. The summed E-state index contributed by atoms with van der Waals surface area (Å²) in [7, 11) is 0.685. The molecule has 0 spiro atoms. The summed E-state index contributed by atoms with van der Waals surface area (Å²) in [6, 6.07) is 0.310. The van der Waals surface area contributed by atoms with Crippen molar-refractivity contribution in [3.8, 4) is 0 Å². The number of hydrogen-bond acceptors (Lipinski definition) is 6. The van der Waals surface area contributed by atoms with Crippen LogP contribution >= 0.6 is 11.3 Å². The number of nitrogens with one attached hydrogen (secondary N) is 1. The second-order valence-corrected chi connectivity index (χ2v) is 6.35. The number of nitrogens with zero attached hydrogens (tertiary/aromatic N) is 1. The van der Waals surface area contributed by atoms with Crippen LogP contribution in [0.25, 0.3) is 0 Å². The van der Waals surface area contributed by atoms with Gasteiger partial charge in [-0.05, 0) is 12.8 Å². The monoisotopic (exact) mass is 274 g/mol. The topological polar surface area (TPSA) is 68.3 Å². The molecule has 17 heavy (non-hydrogen) atoms. The van der Waals surface area contributed by atoms with Gasteiger partial charge in [-0.25, -0.2) is 9.78 Å². The second kappa shape index (κ2) is 5.59. The lowest BCUT2D eigenvalue weighted by molar-refractivity contribution is 0.0595. The average Bonchev–Trinajstić information content (AvgIpc) is 2.80. The Labute approximate surface area is 106 Å². The molecule has 1 N–H and O–H groups in total. The Morgan fingerprint density at radius 2 is 2.29 bits per heavy atom. The van der Waals surface area contributed by atoms with Gasteiger partial charge in [-0.3, -0.25) is 4.21 Å². The number of thiazole rings is 1. The van der Waals surface area contributed by atoms with Crippen LogP contribution in [-0.4, -0.2) is 39.8 Å². The molecule has 0 unspecified atom stereocenters. The van der Waals surface area contributed by atoms with Gasteiger partial charge in [0.1, 0.15) is 0 Å². The van der Waals surface area contributed by atoms with Crippen molar-refractivity contribution in [1.82, 2.24) is 4.98 Å². The molecule has 2 rings (SSSR count). The van der Waals surface area contributed by atoms with E-state index in [1.807, 2.05) is 0 Å². The molecule has 94 valence electrons. The first kappa shape index (κ1) is 12.5. The zero-order valence-electron chi connectivity index (χ0n) is 9.47. The van der Waals surface area contributed by atoms with Crippen LogP contribution in [0, 0.1) is 0 Å². The molecule has 0 radical (unpaired) electrons. The van der Waals surface area contributed by atoms with Crippen molar-refractivity contribution in [1.29, 1.82) is 0 Å². The maximum atomic E-state index is 11.2. The number of rotatable bonds is 3. The normalized spacial score (nSPS) is 24.3. The minimum atomic E-state index is -0.654. The van der Waals surface area contributed by atoms with Crippen molar-refractivity contribution >= 4 is 33.2 Å². The summed E-state index contributed by atoms with van der Waals surface area (Å²) in [5.41, 5.74) is 0.333. The van der Waals surface area contributed by atoms with Gasteiger partial charge >= 0.3 is 5.97 Å². The fourth-order valence-corrected chi connectivity index (χ4v) is 3.71. The maximum Gasteiger partial charge on any atom is 0.357 e. The Bertz CT molecular complexity index is 423. The quantitative estimate of drug-likeness (QED) is 0.840. The predicted octanol–water partition coefficient (Wildman–Crippen LogP) is 1.25. The van der Waals surface area contributed by atoms with Crippen LogP contribution in [0.2, 0.25) is 0 Å². The van der Waals surface area contributed by atoms with E-state index in [1.54, 1.807) is 5.38 Å². The third-order valence-electron chi connectivity index (χ3n) is 2.61. The molecule has 1 aliphatic rings. The van der Waals surface area contributed by atoms with Gasteiger partial charge in [-0.1, -0.05) is 0 Å². The van der Waals surface area contributed by atoms with Crippen LogP contribution in [0.1, 0.15) is 23.3 Å². The smallest absolute Gasteiger partial charge is 0.357 e. The van der Waals surface area contributed by atoms with Crippen molar-refractivity contribution < 1.29 is 13.7 Å². The second-order valence-electron chi connectivity index (χ2n) is 3.80. The summed E-state index contributed by atoms with van der Waals surface area (Å²) < 4.78 is 15.8. The number of methoxy groups -OCH3 is 1. The molecule has 1 aliphatic heterocycles. The van der Waals surface area contributed by atoms with Gasteiger partial charge < -0.3 is 10.1 Å². The highest BCUT2D eigenvalue weighted by atomic mass is 32.2. The molecule has 5 nitrogen and oxygen atoms in total. The Balaban J connectivity index is 1.93. The summed E-state index contributed by atoms with van der Waals surface area (Å²) >= 11 is 1.39. The number of carbonyl (C=O) groups excluding carboxylic acids is 1. The highest BCUT2D eigenvalue weighted by molar-refractivity contribution is 7.85. The van der Waals surface area contributed by atoms with E-state index >= 15 is 0 Å². The summed E-state index contributed by atoms with van der Waals surface area (Å²) in [4.78, 5) is 15.4.